The summed E-state index contributed by atoms with van der Waals surface area (Å²) >= 11 is 0. The molecule has 0 saturated heterocycles. The van der Waals surface area contributed by atoms with Gasteiger partial charge in [-0.3, -0.25) is 0 Å². The van der Waals surface area contributed by atoms with Crippen molar-refractivity contribution in [3.63, 3.8) is 0 Å². The average molecular weight is 388 g/mol. The maximum atomic E-state index is 12.2. The summed E-state index contributed by atoms with van der Waals surface area (Å²) in [6.45, 7) is 2.65. The van der Waals surface area contributed by atoms with E-state index in [-0.39, 0.29) is 17.3 Å². The number of esters is 1. The number of carbonyl (C=O) groups is 1. The molecule has 2 N–H and O–H groups in total. The Morgan fingerprint density at radius 1 is 1.25 bits per heavy atom. The van der Waals surface area contributed by atoms with E-state index < -0.39 is 5.97 Å². The molecule has 0 spiro atoms. The fourth-order valence-electron chi connectivity index (χ4n) is 2.52. The predicted molar refractivity (Wildman–Crippen MR) is 97.4 cm³/mol. The third kappa shape index (κ3) is 3.59. The van der Waals surface area contributed by atoms with E-state index in [1.54, 1.807) is 18.2 Å². The second-order valence-electron chi connectivity index (χ2n) is 5.73. The molecule has 0 unspecified atom stereocenters. The van der Waals surface area contributed by atoms with E-state index in [0.29, 0.717) is 29.4 Å². The zero-order chi connectivity index (χ0) is 20.1. The molecule has 0 aliphatic rings. The lowest BCUT2D eigenvalue weighted by molar-refractivity contribution is 0.0595. The van der Waals surface area contributed by atoms with Crippen LogP contribution in [-0.2, 0) is 4.74 Å². The van der Waals surface area contributed by atoms with Crippen LogP contribution in [0.3, 0.4) is 0 Å². The molecular formula is C17H20N6O5. The molecule has 0 radical (unpaired) electrons. The van der Waals surface area contributed by atoms with Crippen molar-refractivity contribution in [3.05, 3.63) is 23.9 Å². The van der Waals surface area contributed by atoms with Crippen LogP contribution in [0, 0.1) is 0 Å². The molecule has 0 saturated carbocycles. The number of nitrogen functional groups attached to an aromatic ring is 1. The minimum Gasteiger partial charge on any atom is -0.493 e. The fraction of sp³-hybridized carbons (Fsp3) is 0.353. The fourth-order valence-corrected chi connectivity index (χ4v) is 2.52. The number of unbranched alkanes of at least 4 members (excludes halogenated alkanes) is 1. The van der Waals surface area contributed by atoms with Crippen molar-refractivity contribution < 1.29 is 23.6 Å². The molecule has 2 aromatic heterocycles. The third-order valence-corrected chi connectivity index (χ3v) is 3.94. The molecule has 0 fully saturated rings. The summed E-state index contributed by atoms with van der Waals surface area (Å²) in [5.41, 5.74) is 6.61. The normalized spacial score (nSPS) is 10.7. The number of hydrogen-bond acceptors (Lipinski definition) is 10. The van der Waals surface area contributed by atoms with Crippen LogP contribution in [0.15, 0.2) is 22.8 Å². The lowest BCUT2D eigenvalue weighted by Gasteiger charge is -2.12. The number of aromatic nitrogens is 5. The largest absolute Gasteiger partial charge is 0.493 e. The van der Waals surface area contributed by atoms with Gasteiger partial charge in [0.2, 0.25) is 11.6 Å². The van der Waals surface area contributed by atoms with Crippen molar-refractivity contribution >= 4 is 11.8 Å². The first-order chi connectivity index (χ1) is 13.6. The Hall–Kier alpha value is -3.63. The minimum absolute atomic E-state index is 0.00551. The number of nitrogens with zero attached hydrogens (tertiary/aromatic N) is 5. The van der Waals surface area contributed by atoms with Crippen LogP contribution in [0.2, 0.25) is 0 Å². The Balaban J connectivity index is 2.10. The SMILES string of the molecule is CCCCOc1ccc(-c2c(C(=O)OC)nnn2-c2nonc2N)cc1OC. The van der Waals surface area contributed by atoms with Crippen molar-refractivity contribution in [2.75, 3.05) is 26.6 Å². The van der Waals surface area contributed by atoms with Gasteiger partial charge in [0.05, 0.1) is 20.8 Å². The van der Waals surface area contributed by atoms with E-state index in [1.165, 1.54) is 18.9 Å². The van der Waals surface area contributed by atoms with E-state index in [4.69, 9.17) is 19.9 Å². The van der Waals surface area contributed by atoms with Crippen molar-refractivity contribution in [2.24, 2.45) is 0 Å². The Bertz CT molecular complexity index is 967. The van der Waals surface area contributed by atoms with Gasteiger partial charge in [-0.05, 0) is 34.9 Å². The highest BCUT2D eigenvalue weighted by molar-refractivity contribution is 5.94. The highest BCUT2D eigenvalue weighted by Crippen LogP contribution is 2.35. The number of hydrogen-bond donors (Lipinski definition) is 1. The van der Waals surface area contributed by atoms with E-state index >= 15 is 0 Å². The van der Waals surface area contributed by atoms with E-state index in [9.17, 15) is 4.79 Å². The van der Waals surface area contributed by atoms with Gasteiger partial charge in [0, 0.05) is 5.56 Å². The second-order valence-corrected chi connectivity index (χ2v) is 5.73. The van der Waals surface area contributed by atoms with Gasteiger partial charge >= 0.3 is 5.97 Å². The maximum Gasteiger partial charge on any atom is 0.360 e. The monoisotopic (exact) mass is 388 g/mol. The Morgan fingerprint density at radius 3 is 2.71 bits per heavy atom. The molecule has 0 amide bonds. The number of rotatable bonds is 8. The first-order valence-electron chi connectivity index (χ1n) is 8.54. The van der Waals surface area contributed by atoms with Gasteiger partial charge in [-0.15, -0.1) is 5.10 Å². The summed E-state index contributed by atoms with van der Waals surface area (Å²) in [6.07, 6.45) is 1.94. The molecule has 0 bridgehead atoms. The standard InChI is InChI=1S/C17H20N6O5/c1-4-5-8-27-11-7-6-10(9-12(11)25-2)14-13(17(24)26-3)19-22-23(14)16-15(18)20-28-21-16/h6-7,9H,4-5,8H2,1-3H3,(H2,18,20). The highest BCUT2D eigenvalue weighted by Gasteiger charge is 2.26. The number of benzene rings is 1. The van der Waals surface area contributed by atoms with Gasteiger partial charge in [-0.25, -0.2) is 9.42 Å². The Labute approximate surface area is 160 Å². The van der Waals surface area contributed by atoms with Gasteiger partial charge < -0.3 is 19.9 Å². The third-order valence-electron chi connectivity index (χ3n) is 3.94. The number of nitrogens with two attached hydrogens (primary N) is 1. The highest BCUT2D eigenvalue weighted by atomic mass is 16.6. The van der Waals surface area contributed by atoms with Crippen LogP contribution < -0.4 is 15.2 Å². The summed E-state index contributed by atoms with van der Waals surface area (Å²) in [6, 6.07) is 5.19. The van der Waals surface area contributed by atoms with Crippen LogP contribution in [0.4, 0.5) is 5.82 Å². The summed E-state index contributed by atoms with van der Waals surface area (Å²) in [7, 11) is 2.78. The van der Waals surface area contributed by atoms with Crippen LogP contribution >= 0.6 is 0 Å². The molecule has 1 aromatic carbocycles. The zero-order valence-corrected chi connectivity index (χ0v) is 15.7. The number of anilines is 1. The quantitative estimate of drug-likeness (QED) is 0.449. The molecule has 148 valence electrons. The van der Waals surface area contributed by atoms with Crippen molar-refractivity contribution in [1.29, 1.82) is 0 Å². The zero-order valence-electron chi connectivity index (χ0n) is 15.7. The van der Waals surface area contributed by atoms with Gasteiger partial charge in [0.25, 0.3) is 0 Å². The lowest BCUT2D eigenvalue weighted by atomic mass is 10.1. The summed E-state index contributed by atoms with van der Waals surface area (Å²) in [5.74, 6) is 0.497. The predicted octanol–water partition coefficient (Wildman–Crippen LogP) is 1.87. The summed E-state index contributed by atoms with van der Waals surface area (Å²) < 4.78 is 21.9. The molecule has 2 heterocycles. The molecular weight excluding hydrogens is 368 g/mol. The van der Waals surface area contributed by atoms with Gasteiger partial charge in [0.15, 0.2) is 17.2 Å². The molecule has 0 aliphatic carbocycles. The lowest BCUT2D eigenvalue weighted by Crippen LogP contribution is -2.07. The van der Waals surface area contributed by atoms with E-state index in [0.717, 1.165) is 12.8 Å². The number of ether oxygens (including phenoxy) is 3. The van der Waals surface area contributed by atoms with Crippen molar-refractivity contribution in [3.8, 4) is 28.6 Å². The first-order valence-corrected chi connectivity index (χ1v) is 8.54. The molecule has 11 heteroatoms. The molecule has 11 nitrogen and oxygen atoms in total. The molecule has 28 heavy (non-hydrogen) atoms. The molecule has 3 rings (SSSR count). The van der Waals surface area contributed by atoms with Crippen LogP contribution in [0.25, 0.3) is 17.1 Å². The Morgan fingerprint density at radius 2 is 2.07 bits per heavy atom. The molecule has 3 aromatic rings. The number of carbonyl (C=O) groups excluding carboxylic acids is 1. The molecule has 0 atom stereocenters. The van der Waals surface area contributed by atoms with Crippen LogP contribution in [-0.4, -0.2) is 52.1 Å². The van der Waals surface area contributed by atoms with E-state index in [2.05, 4.69) is 32.2 Å². The first kappa shape index (κ1) is 19.1. The van der Waals surface area contributed by atoms with Crippen LogP contribution in [0.5, 0.6) is 11.5 Å². The van der Waals surface area contributed by atoms with Gasteiger partial charge in [0.1, 0.15) is 5.69 Å². The van der Waals surface area contributed by atoms with Crippen molar-refractivity contribution in [1.82, 2.24) is 25.3 Å². The maximum absolute atomic E-state index is 12.2. The second kappa shape index (κ2) is 8.37. The smallest absolute Gasteiger partial charge is 0.360 e. The average Bonchev–Trinajstić information content (AvgIpc) is 3.33. The summed E-state index contributed by atoms with van der Waals surface area (Å²) in [5, 5.41) is 15.1. The van der Waals surface area contributed by atoms with Crippen LogP contribution in [0.1, 0.15) is 30.3 Å². The van der Waals surface area contributed by atoms with Gasteiger partial charge in [-0.1, -0.05) is 18.6 Å². The van der Waals surface area contributed by atoms with Gasteiger partial charge in [-0.2, -0.15) is 4.68 Å². The molecule has 0 aliphatic heterocycles. The van der Waals surface area contributed by atoms with E-state index in [1.807, 2.05) is 0 Å². The Kier molecular flexibility index (Phi) is 5.72. The van der Waals surface area contributed by atoms with Crippen molar-refractivity contribution in [2.45, 2.75) is 19.8 Å². The number of methoxy groups -OCH3 is 2. The summed E-state index contributed by atoms with van der Waals surface area (Å²) in [4.78, 5) is 12.2. The topological polar surface area (TPSA) is 140 Å². The minimum atomic E-state index is -0.668.